The van der Waals surface area contributed by atoms with Gasteiger partial charge in [0.25, 0.3) is 5.91 Å². The molecule has 1 fully saturated rings. The van der Waals surface area contributed by atoms with Crippen molar-refractivity contribution in [3.63, 3.8) is 0 Å². The number of hydrogen-bond donors (Lipinski definition) is 2. The number of rotatable bonds is 6. The number of nitriles is 1. The minimum absolute atomic E-state index is 0.434. The van der Waals surface area contributed by atoms with Crippen LogP contribution in [0, 0.1) is 11.3 Å². The highest BCUT2D eigenvalue weighted by Crippen LogP contribution is 2.30. The summed E-state index contributed by atoms with van der Waals surface area (Å²) in [5, 5.41) is 14.7. The SMILES string of the molecule is C[C@]1(c2ccc(C#N)cc2)NC(=O)N(CC(=O)Nc2ccc(Oc3ccccc3Cl)cc2)C1=O. The number of carbonyl (C=O) groups is 3. The van der Waals surface area contributed by atoms with E-state index < -0.39 is 29.9 Å². The zero-order valence-corrected chi connectivity index (χ0v) is 18.8. The molecule has 0 aromatic heterocycles. The first kappa shape index (κ1) is 22.8. The Morgan fingerprint density at radius 1 is 1.09 bits per heavy atom. The molecule has 1 aliphatic rings. The molecule has 0 bridgehead atoms. The summed E-state index contributed by atoms with van der Waals surface area (Å²) in [5.41, 5.74) is 0.0900. The van der Waals surface area contributed by atoms with Crippen LogP contribution in [0.25, 0.3) is 0 Å². The number of benzene rings is 3. The van der Waals surface area contributed by atoms with Crippen LogP contribution in [0.1, 0.15) is 18.1 Å². The summed E-state index contributed by atoms with van der Waals surface area (Å²) in [5.74, 6) is -0.0589. The third kappa shape index (κ3) is 4.56. The molecule has 0 radical (unpaired) electrons. The molecule has 0 saturated carbocycles. The van der Waals surface area contributed by atoms with Crippen molar-refractivity contribution >= 4 is 35.1 Å². The Kier molecular flexibility index (Phi) is 6.21. The Morgan fingerprint density at radius 3 is 2.41 bits per heavy atom. The second kappa shape index (κ2) is 9.25. The van der Waals surface area contributed by atoms with E-state index >= 15 is 0 Å². The maximum atomic E-state index is 13.0. The zero-order chi connectivity index (χ0) is 24.3. The fourth-order valence-electron chi connectivity index (χ4n) is 3.52. The van der Waals surface area contributed by atoms with Crippen LogP contribution in [-0.4, -0.2) is 29.3 Å². The predicted molar refractivity (Wildman–Crippen MR) is 125 cm³/mol. The minimum atomic E-state index is -1.33. The van der Waals surface area contributed by atoms with Gasteiger partial charge in [0.15, 0.2) is 0 Å². The van der Waals surface area contributed by atoms with Gasteiger partial charge >= 0.3 is 6.03 Å². The average Bonchev–Trinajstić information content (AvgIpc) is 3.05. The van der Waals surface area contributed by atoms with E-state index in [1.54, 1.807) is 79.7 Å². The molecule has 2 N–H and O–H groups in total. The van der Waals surface area contributed by atoms with E-state index in [0.29, 0.717) is 33.3 Å². The van der Waals surface area contributed by atoms with Crippen molar-refractivity contribution < 1.29 is 19.1 Å². The van der Waals surface area contributed by atoms with Crippen molar-refractivity contribution in [2.24, 2.45) is 0 Å². The highest BCUT2D eigenvalue weighted by Gasteiger charge is 2.49. The van der Waals surface area contributed by atoms with Gasteiger partial charge in [-0.15, -0.1) is 0 Å². The van der Waals surface area contributed by atoms with Crippen LogP contribution in [0.15, 0.2) is 72.8 Å². The third-order valence-electron chi connectivity index (χ3n) is 5.37. The first-order chi connectivity index (χ1) is 16.3. The van der Waals surface area contributed by atoms with Crippen molar-refractivity contribution in [2.45, 2.75) is 12.5 Å². The first-order valence-electron chi connectivity index (χ1n) is 10.3. The van der Waals surface area contributed by atoms with E-state index in [-0.39, 0.29) is 0 Å². The molecule has 1 heterocycles. The Hall–Kier alpha value is -4.35. The monoisotopic (exact) mass is 474 g/mol. The zero-order valence-electron chi connectivity index (χ0n) is 18.0. The third-order valence-corrected chi connectivity index (χ3v) is 5.68. The number of imide groups is 1. The summed E-state index contributed by atoms with van der Waals surface area (Å²) in [7, 11) is 0. The lowest BCUT2D eigenvalue weighted by atomic mass is 9.91. The van der Waals surface area contributed by atoms with Crippen molar-refractivity contribution in [3.05, 3.63) is 88.9 Å². The van der Waals surface area contributed by atoms with Crippen LogP contribution >= 0.6 is 11.6 Å². The van der Waals surface area contributed by atoms with Crippen LogP contribution in [0.3, 0.4) is 0 Å². The van der Waals surface area contributed by atoms with Crippen LogP contribution in [0.5, 0.6) is 11.5 Å². The van der Waals surface area contributed by atoms with E-state index in [2.05, 4.69) is 10.6 Å². The second-order valence-electron chi connectivity index (χ2n) is 7.74. The molecule has 0 spiro atoms. The number of para-hydroxylation sites is 1. The first-order valence-corrected chi connectivity index (χ1v) is 10.6. The number of amides is 4. The summed E-state index contributed by atoms with van der Waals surface area (Å²) in [4.78, 5) is 38.9. The van der Waals surface area contributed by atoms with E-state index in [4.69, 9.17) is 21.6 Å². The molecule has 3 aromatic rings. The van der Waals surface area contributed by atoms with Gasteiger partial charge in [-0.1, -0.05) is 35.9 Å². The Balaban J connectivity index is 1.39. The highest BCUT2D eigenvalue weighted by atomic mass is 35.5. The smallest absolute Gasteiger partial charge is 0.325 e. The molecule has 0 aliphatic carbocycles. The number of anilines is 1. The number of nitrogens with zero attached hydrogens (tertiary/aromatic N) is 2. The van der Waals surface area contributed by atoms with E-state index in [1.807, 2.05) is 6.07 Å². The van der Waals surface area contributed by atoms with Gasteiger partial charge in [0.2, 0.25) is 5.91 Å². The number of carbonyl (C=O) groups excluding carboxylic acids is 3. The average molecular weight is 475 g/mol. The van der Waals surface area contributed by atoms with Gasteiger partial charge in [-0.05, 0) is 61.0 Å². The molecule has 4 amide bonds. The van der Waals surface area contributed by atoms with Gasteiger partial charge in [0.05, 0.1) is 16.7 Å². The van der Waals surface area contributed by atoms with Gasteiger partial charge in [0, 0.05) is 5.69 Å². The molecule has 170 valence electrons. The number of halogens is 1. The van der Waals surface area contributed by atoms with Crippen molar-refractivity contribution in [1.82, 2.24) is 10.2 Å². The summed E-state index contributed by atoms with van der Waals surface area (Å²) in [6.45, 7) is 1.11. The van der Waals surface area contributed by atoms with E-state index in [0.717, 1.165) is 4.90 Å². The summed E-state index contributed by atoms with van der Waals surface area (Å²) in [6.07, 6.45) is 0. The number of nitrogens with one attached hydrogen (secondary N) is 2. The Morgan fingerprint density at radius 2 is 1.76 bits per heavy atom. The van der Waals surface area contributed by atoms with Gasteiger partial charge in [-0.25, -0.2) is 4.79 Å². The van der Waals surface area contributed by atoms with E-state index in [9.17, 15) is 14.4 Å². The molecule has 1 aliphatic heterocycles. The van der Waals surface area contributed by atoms with Crippen molar-refractivity contribution in [2.75, 3.05) is 11.9 Å². The van der Waals surface area contributed by atoms with Crippen molar-refractivity contribution in [3.8, 4) is 17.6 Å². The van der Waals surface area contributed by atoms with Gasteiger partial charge in [-0.2, -0.15) is 5.26 Å². The lowest BCUT2D eigenvalue weighted by molar-refractivity contribution is -0.133. The molecule has 0 unspecified atom stereocenters. The molecule has 34 heavy (non-hydrogen) atoms. The summed E-state index contributed by atoms with van der Waals surface area (Å²) < 4.78 is 5.72. The predicted octanol–water partition coefficient (Wildman–Crippen LogP) is 4.41. The number of ether oxygens (including phenoxy) is 1. The summed E-state index contributed by atoms with van der Waals surface area (Å²) in [6, 6.07) is 21.3. The molecule has 1 saturated heterocycles. The molecule has 8 nitrogen and oxygen atoms in total. The second-order valence-corrected chi connectivity index (χ2v) is 8.15. The molecule has 3 aromatic carbocycles. The standard InChI is InChI=1S/C25H19ClN4O4/c1-25(17-8-6-16(14-27)7-9-17)23(32)30(24(33)29-25)15-22(31)28-18-10-12-19(13-11-18)34-21-5-3-2-4-20(21)26/h2-13H,15H2,1H3,(H,28,31)(H,29,33)/t25-/m1/s1. The van der Waals surface area contributed by atoms with Crippen LogP contribution in [0.4, 0.5) is 10.5 Å². The van der Waals surface area contributed by atoms with Gasteiger partial charge in [0.1, 0.15) is 23.6 Å². The molecule has 4 rings (SSSR count). The van der Waals surface area contributed by atoms with Crippen molar-refractivity contribution in [1.29, 1.82) is 5.26 Å². The largest absolute Gasteiger partial charge is 0.456 e. The van der Waals surface area contributed by atoms with Gasteiger partial charge in [-0.3, -0.25) is 14.5 Å². The lowest BCUT2D eigenvalue weighted by Crippen LogP contribution is -2.42. The van der Waals surface area contributed by atoms with Crippen LogP contribution in [0.2, 0.25) is 5.02 Å². The van der Waals surface area contributed by atoms with Gasteiger partial charge < -0.3 is 15.4 Å². The normalized spacial score (nSPS) is 17.1. The Bertz CT molecular complexity index is 1300. The van der Waals surface area contributed by atoms with Crippen LogP contribution < -0.4 is 15.4 Å². The van der Waals surface area contributed by atoms with E-state index in [1.165, 1.54) is 0 Å². The topological polar surface area (TPSA) is 112 Å². The minimum Gasteiger partial charge on any atom is -0.456 e. The fourth-order valence-corrected chi connectivity index (χ4v) is 3.69. The highest BCUT2D eigenvalue weighted by molar-refractivity contribution is 6.32. The number of urea groups is 1. The number of hydrogen-bond acceptors (Lipinski definition) is 5. The molecule has 1 atom stereocenters. The maximum absolute atomic E-state index is 13.0. The lowest BCUT2D eigenvalue weighted by Gasteiger charge is -2.22. The maximum Gasteiger partial charge on any atom is 0.325 e. The Labute approximate surface area is 200 Å². The molecule has 9 heteroatoms. The quantitative estimate of drug-likeness (QED) is 0.514. The summed E-state index contributed by atoms with van der Waals surface area (Å²) >= 11 is 6.09. The van der Waals surface area contributed by atoms with Crippen LogP contribution in [-0.2, 0) is 15.1 Å². The molecular weight excluding hydrogens is 456 g/mol. The molecular formula is C25H19ClN4O4. The fraction of sp³-hybridized carbons (Fsp3) is 0.120.